The van der Waals surface area contributed by atoms with Crippen molar-refractivity contribution in [2.45, 2.75) is 57.4 Å². The lowest BCUT2D eigenvalue weighted by atomic mass is 10.0. The summed E-state index contributed by atoms with van der Waals surface area (Å²) in [5.41, 5.74) is 0.940. The molecule has 1 saturated heterocycles. The molecule has 0 bridgehead atoms. The van der Waals surface area contributed by atoms with Crippen LogP contribution in [0.2, 0.25) is 0 Å². The van der Waals surface area contributed by atoms with Crippen LogP contribution in [0.5, 0.6) is 0 Å². The van der Waals surface area contributed by atoms with Gasteiger partial charge < -0.3 is 5.32 Å². The first-order chi connectivity index (χ1) is 13.6. The van der Waals surface area contributed by atoms with Crippen LogP contribution in [-0.4, -0.2) is 50.2 Å². The summed E-state index contributed by atoms with van der Waals surface area (Å²) in [6.07, 6.45) is 1.24. The number of amides is 3. The number of sulfonamides is 1. The Bertz CT molecular complexity index is 833. The van der Waals surface area contributed by atoms with E-state index in [-0.39, 0.29) is 48.6 Å². The molecule has 29 heavy (non-hydrogen) atoms. The predicted molar refractivity (Wildman–Crippen MR) is 108 cm³/mol. The van der Waals surface area contributed by atoms with Crippen LogP contribution in [-0.2, 0) is 24.4 Å². The molecule has 1 fully saturated rings. The van der Waals surface area contributed by atoms with E-state index in [4.69, 9.17) is 0 Å². The van der Waals surface area contributed by atoms with Gasteiger partial charge in [0.25, 0.3) is 0 Å². The van der Waals surface area contributed by atoms with Gasteiger partial charge in [0.1, 0.15) is 6.04 Å². The van der Waals surface area contributed by atoms with Gasteiger partial charge in [-0.05, 0) is 37.8 Å². The first-order valence-electron chi connectivity index (χ1n) is 9.80. The number of nitrogens with zero attached hydrogens (tertiary/aromatic N) is 1. The average molecular weight is 424 g/mol. The third-order valence-corrected chi connectivity index (χ3v) is 6.15. The van der Waals surface area contributed by atoms with E-state index in [1.165, 1.54) is 17.0 Å². The molecule has 8 nitrogen and oxygen atoms in total. The molecular weight excluding hydrogens is 394 g/mol. The predicted octanol–water partition coefficient (Wildman–Crippen LogP) is 1.34. The molecule has 1 aliphatic rings. The maximum Gasteiger partial charge on any atom is 0.241 e. The summed E-state index contributed by atoms with van der Waals surface area (Å²) in [5, 5.41) is 2.71. The molecule has 1 aromatic carbocycles. The van der Waals surface area contributed by atoms with E-state index < -0.39 is 22.0 Å². The highest BCUT2D eigenvalue weighted by molar-refractivity contribution is 7.89. The Labute approximate surface area is 172 Å². The van der Waals surface area contributed by atoms with Gasteiger partial charge in [-0.25, -0.2) is 8.42 Å². The zero-order valence-corrected chi connectivity index (χ0v) is 17.9. The quantitative estimate of drug-likeness (QED) is 0.436. The van der Waals surface area contributed by atoms with Crippen LogP contribution >= 0.6 is 0 Å². The van der Waals surface area contributed by atoms with E-state index in [2.05, 4.69) is 10.0 Å². The molecule has 0 saturated carbocycles. The van der Waals surface area contributed by atoms with E-state index in [0.717, 1.165) is 5.56 Å². The highest BCUT2D eigenvalue weighted by atomic mass is 32.2. The Morgan fingerprint density at radius 1 is 1.10 bits per heavy atom. The van der Waals surface area contributed by atoms with Crippen molar-refractivity contribution >= 4 is 27.7 Å². The number of hydrogen-bond acceptors (Lipinski definition) is 5. The van der Waals surface area contributed by atoms with Crippen molar-refractivity contribution in [1.29, 1.82) is 0 Å². The Morgan fingerprint density at radius 2 is 1.69 bits per heavy atom. The molecule has 1 aliphatic heterocycles. The normalized spacial score (nSPS) is 15.8. The molecule has 1 heterocycles. The first kappa shape index (κ1) is 23.0. The minimum Gasteiger partial charge on any atom is -0.355 e. The number of nitrogens with one attached hydrogen (secondary N) is 2. The maximum atomic E-state index is 12.6. The van der Waals surface area contributed by atoms with Crippen molar-refractivity contribution in [2.75, 3.05) is 13.1 Å². The van der Waals surface area contributed by atoms with Crippen LogP contribution < -0.4 is 10.0 Å². The number of benzene rings is 1. The van der Waals surface area contributed by atoms with Gasteiger partial charge in [0, 0.05) is 25.9 Å². The van der Waals surface area contributed by atoms with Crippen LogP contribution in [0.25, 0.3) is 0 Å². The molecular formula is C20H29N3O5S. The highest BCUT2D eigenvalue weighted by Gasteiger charge is 2.29. The van der Waals surface area contributed by atoms with Gasteiger partial charge in [-0.3, -0.25) is 19.3 Å². The van der Waals surface area contributed by atoms with Gasteiger partial charge >= 0.3 is 0 Å². The molecule has 1 atom stereocenters. The van der Waals surface area contributed by atoms with Gasteiger partial charge in [0.05, 0.1) is 4.90 Å². The molecule has 0 radical (unpaired) electrons. The van der Waals surface area contributed by atoms with Crippen molar-refractivity contribution in [3.8, 4) is 0 Å². The number of carbonyl (C=O) groups excluding carboxylic acids is 3. The fourth-order valence-electron chi connectivity index (χ4n) is 3.10. The van der Waals surface area contributed by atoms with Crippen LogP contribution in [0.15, 0.2) is 29.2 Å². The third-order valence-electron chi connectivity index (χ3n) is 4.66. The Kier molecular flexibility index (Phi) is 7.92. The SMILES string of the molecule is Cc1ccc(S(=O)(=O)NC(CC(C)C)C(=O)NCCCN2C(=O)CCC2=O)cc1. The second kappa shape index (κ2) is 9.98. The van der Waals surface area contributed by atoms with Gasteiger partial charge in [0.2, 0.25) is 27.7 Å². The summed E-state index contributed by atoms with van der Waals surface area (Å²) in [7, 11) is -3.83. The zero-order chi connectivity index (χ0) is 21.6. The van der Waals surface area contributed by atoms with Crippen molar-refractivity contribution < 1.29 is 22.8 Å². The molecule has 0 spiro atoms. The van der Waals surface area contributed by atoms with Gasteiger partial charge in [-0.2, -0.15) is 4.72 Å². The molecule has 0 aromatic heterocycles. The largest absolute Gasteiger partial charge is 0.355 e. The number of aryl methyl sites for hydroxylation is 1. The van der Waals surface area contributed by atoms with Crippen LogP contribution in [0.4, 0.5) is 0 Å². The summed E-state index contributed by atoms with van der Waals surface area (Å²) < 4.78 is 27.8. The summed E-state index contributed by atoms with van der Waals surface area (Å²) in [4.78, 5) is 37.1. The van der Waals surface area contributed by atoms with E-state index >= 15 is 0 Å². The second-order valence-electron chi connectivity index (χ2n) is 7.70. The fraction of sp³-hybridized carbons (Fsp3) is 0.550. The molecule has 160 valence electrons. The number of imide groups is 1. The number of rotatable bonds is 10. The fourth-order valence-corrected chi connectivity index (χ4v) is 4.31. The van der Waals surface area contributed by atoms with Crippen LogP contribution in [0.1, 0.15) is 45.1 Å². The number of hydrogen-bond donors (Lipinski definition) is 2. The van der Waals surface area contributed by atoms with Crippen molar-refractivity contribution in [3.05, 3.63) is 29.8 Å². The molecule has 9 heteroatoms. The Morgan fingerprint density at radius 3 is 2.24 bits per heavy atom. The Hall–Kier alpha value is -2.26. The topological polar surface area (TPSA) is 113 Å². The Balaban J connectivity index is 1.94. The number of likely N-dealkylation sites (tertiary alicyclic amines) is 1. The lowest BCUT2D eigenvalue weighted by Crippen LogP contribution is -2.47. The van der Waals surface area contributed by atoms with Gasteiger partial charge in [-0.1, -0.05) is 31.5 Å². The number of carbonyl (C=O) groups is 3. The molecule has 3 amide bonds. The minimum atomic E-state index is -3.83. The summed E-state index contributed by atoms with van der Waals surface area (Å²) in [6.45, 7) is 6.18. The lowest BCUT2D eigenvalue weighted by Gasteiger charge is -2.21. The van der Waals surface area contributed by atoms with E-state index in [1.807, 2.05) is 20.8 Å². The monoisotopic (exact) mass is 423 g/mol. The van der Waals surface area contributed by atoms with Crippen LogP contribution in [0, 0.1) is 12.8 Å². The van der Waals surface area contributed by atoms with E-state index in [1.54, 1.807) is 12.1 Å². The molecule has 1 aromatic rings. The highest BCUT2D eigenvalue weighted by Crippen LogP contribution is 2.14. The van der Waals surface area contributed by atoms with E-state index in [9.17, 15) is 22.8 Å². The second-order valence-corrected chi connectivity index (χ2v) is 9.41. The third kappa shape index (κ3) is 6.64. The van der Waals surface area contributed by atoms with Crippen molar-refractivity contribution in [3.63, 3.8) is 0 Å². The lowest BCUT2D eigenvalue weighted by molar-refractivity contribution is -0.138. The molecule has 1 unspecified atom stereocenters. The molecule has 0 aliphatic carbocycles. The average Bonchev–Trinajstić information content (AvgIpc) is 2.96. The maximum absolute atomic E-state index is 12.6. The standard InChI is InChI=1S/C20H29N3O5S/c1-14(2)13-17(22-29(27,28)16-7-5-15(3)6-8-16)20(26)21-11-4-12-23-18(24)9-10-19(23)25/h5-8,14,17,22H,4,9-13H2,1-3H3,(H,21,26). The summed E-state index contributed by atoms with van der Waals surface area (Å²) in [5.74, 6) is -0.700. The molecule has 2 N–H and O–H groups in total. The van der Waals surface area contributed by atoms with Gasteiger partial charge in [-0.15, -0.1) is 0 Å². The van der Waals surface area contributed by atoms with Crippen molar-refractivity contribution in [2.24, 2.45) is 5.92 Å². The van der Waals surface area contributed by atoms with Crippen LogP contribution in [0.3, 0.4) is 0 Å². The summed E-state index contributed by atoms with van der Waals surface area (Å²) in [6, 6.07) is 5.51. The van der Waals surface area contributed by atoms with Gasteiger partial charge in [0.15, 0.2) is 0 Å². The van der Waals surface area contributed by atoms with E-state index in [0.29, 0.717) is 12.8 Å². The molecule has 2 rings (SSSR count). The first-order valence-corrected chi connectivity index (χ1v) is 11.3. The summed E-state index contributed by atoms with van der Waals surface area (Å²) >= 11 is 0. The van der Waals surface area contributed by atoms with Crippen molar-refractivity contribution in [1.82, 2.24) is 14.9 Å². The zero-order valence-electron chi connectivity index (χ0n) is 17.1. The smallest absolute Gasteiger partial charge is 0.241 e. The minimum absolute atomic E-state index is 0.103.